The molecule has 2 aromatic heterocycles. The molecule has 0 atom stereocenters. The summed E-state index contributed by atoms with van der Waals surface area (Å²) in [5.41, 5.74) is -4.16. The topological polar surface area (TPSA) is 55.0 Å². The monoisotopic (exact) mass is 604 g/mol. The van der Waals surface area contributed by atoms with E-state index in [0.717, 1.165) is 28.0 Å². The average molecular weight is 605 g/mol. The van der Waals surface area contributed by atoms with Crippen LogP contribution >= 0.6 is 22.9 Å². The second kappa shape index (κ2) is 10.9. The third-order valence-corrected chi connectivity index (χ3v) is 6.98. The van der Waals surface area contributed by atoms with Gasteiger partial charge in [-0.05, 0) is 48.0 Å². The van der Waals surface area contributed by atoms with Crippen LogP contribution in [0.4, 0.5) is 35.1 Å². The van der Waals surface area contributed by atoms with Crippen LogP contribution in [-0.4, -0.2) is 17.4 Å². The lowest BCUT2D eigenvalue weighted by atomic mass is 10.1. The minimum Gasteiger partial charge on any atom is -0.483 e. The van der Waals surface area contributed by atoms with Crippen molar-refractivity contribution in [2.24, 2.45) is 0 Å². The molecule has 208 valence electrons. The van der Waals surface area contributed by atoms with E-state index in [4.69, 9.17) is 11.6 Å². The van der Waals surface area contributed by atoms with Gasteiger partial charge in [0, 0.05) is 16.5 Å². The Balaban J connectivity index is 1.81. The maximum Gasteiger partial charge on any atom is 0.422 e. The van der Waals surface area contributed by atoms with Crippen molar-refractivity contribution in [2.45, 2.75) is 18.9 Å². The van der Waals surface area contributed by atoms with Gasteiger partial charge in [0.1, 0.15) is 29.0 Å². The molecule has 0 N–H and O–H groups in total. The second-order valence-electron chi connectivity index (χ2n) is 8.27. The van der Waals surface area contributed by atoms with Gasteiger partial charge in [0.25, 0.3) is 5.56 Å². The number of aromatic nitrogens is 1. The lowest BCUT2D eigenvalue weighted by Gasteiger charge is -2.17. The number of rotatable bonds is 6. The molecule has 4 nitrogen and oxygen atoms in total. The molecular formula is C26H13ClF8N2O2S. The zero-order valence-corrected chi connectivity index (χ0v) is 21.2. The summed E-state index contributed by atoms with van der Waals surface area (Å²) < 4.78 is 112. The molecule has 0 aliphatic carbocycles. The Morgan fingerprint density at radius 2 is 1.65 bits per heavy atom. The SMILES string of the molecule is N#Cc1c(C(F)(F)F)cc(-c2ccc(-c3ccc(OCC(F)(F)F)c(Cl)c3)s2)n(Cc2ccc(F)cc2F)c1=O. The maximum atomic E-state index is 14.4. The molecule has 0 amide bonds. The summed E-state index contributed by atoms with van der Waals surface area (Å²) in [5, 5.41) is 9.17. The van der Waals surface area contributed by atoms with Crippen LogP contribution in [0.25, 0.3) is 21.0 Å². The number of ether oxygens (including phenoxy) is 1. The van der Waals surface area contributed by atoms with Crippen LogP contribution < -0.4 is 10.3 Å². The van der Waals surface area contributed by atoms with Crippen molar-refractivity contribution in [1.82, 2.24) is 4.57 Å². The Kier molecular flexibility index (Phi) is 7.96. The number of pyridine rings is 1. The number of alkyl halides is 6. The fourth-order valence-electron chi connectivity index (χ4n) is 3.72. The molecular weight excluding hydrogens is 592 g/mol. The molecule has 2 heterocycles. The smallest absolute Gasteiger partial charge is 0.422 e. The standard InChI is InChI=1S/C26H13ClF8N2O2S/c27-18-7-13(2-4-21(18)39-12-25(30,31)32)22-5-6-23(40-22)20-9-17(26(33,34)35)16(10-36)24(38)37(20)11-14-1-3-15(28)8-19(14)29/h1-9H,11-12H2. The molecule has 4 rings (SSSR count). The zero-order valence-electron chi connectivity index (χ0n) is 19.6. The molecule has 14 heteroatoms. The number of thiophene rings is 1. The maximum absolute atomic E-state index is 14.4. The van der Waals surface area contributed by atoms with Crippen molar-refractivity contribution in [2.75, 3.05) is 6.61 Å². The van der Waals surface area contributed by atoms with E-state index >= 15 is 0 Å². The number of halogens is 9. The first-order valence-electron chi connectivity index (χ1n) is 11.0. The van der Waals surface area contributed by atoms with Crippen molar-refractivity contribution in [3.63, 3.8) is 0 Å². The quantitative estimate of drug-likeness (QED) is 0.209. The molecule has 0 bridgehead atoms. The fraction of sp³-hybridized carbons (Fsp3) is 0.154. The van der Waals surface area contributed by atoms with Gasteiger partial charge in [-0.25, -0.2) is 8.78 Å². The minimum absolute atomic E-state index is 0.109. The van der Waals surface area contributed by atoms with Gasteiger partial charge in [0.15, 0.2) is 6.61 Å². The van der Waals surface area contributed by atoms with Gasteiger partial charge in [0.05, 0.1) is 27.7 Å². The highest BCUT2D eigenvalue weighted by Gasteiger charge is 2.37. The largest absolute Gasteiger partial charge is 0.483 e. The van der Waals surface area contributed by atoms with Crippen LogP contribution in [-0.2, 0) is 12.7 Å². The summed E-state index contributed by atoms with van der Waals surface area (Å²) in [6.07, 6.45) is -9.66. The molecule has 40 heavy (non-hydrogen) atoms. The lowest BCUT2D eigenvalue weighted by Crippen LogP contribution is -2.28. The number of nitrogens with zero attached hydrogens (tertiary/aromatic N) is 2. The summed E-state index contributed by atoms with van der Waals surface area (Å²) in [5.74, 6) is -2.20. The molecule has 0 aliphatic heterocycles. The highest BCUT2D eigenvalue weighted by molar-refractivity contribution is 7.18. The predicted molar refractivity (Wildman–Crippen MR) is 131 cm³/mol. The van der Waals surface area contributed by atoms with E-state index in [-0.39, 0.29) is 26.9 Å². The summed E-state index contributed by atoms with van der Waals surface area (Å²) in [4.78, 5) is 13.6. The first-order chi connectivity index (χ1) is 18.7. The van der Waals surface area contributed by atoms with E-state index in [1.54, 1.807) is 0 Å². The lowest BCUT2D eigenvalue weighted by molar-refractivity contribution is -0.153. The van der Waals surface area contributed by atoms with Crippen LogP contribution in [0.5, 0.6) is 5.75 Å². The van der Waals surface area contributed by atoms with Crippen LogP contribution in [0.15, 0.2) is 59.4 Å². The van der Waals surface area contributed by atoms with Gasteiger partial charge in [0.2, 0.25) is 0 Å². The normalized spacial score (nSPS) is 11.9. The van der Waals surface area contributed by atoms with Crippen molar-refractivity contribution >= 4 is 22.9 Å². The summed E-state index contributed by atoms with van der Waals surface area (Å²) in [6, 6.07) is 11.1. The Morgan fingerprint density at radius 1 is 0.950 bits per heavy atom. The van der Waals surface area contributed by atoms with E-state index in [1.165, 1.54) is 36.4 Å². The third-order valence-electron chi connectivity index (χ3n) is 5.53. The fourth-order valence-corrected chi connectivity index (χ4v) is 4.98. The van der Waals surface area contributed by atoms with Crippen LogP contribution in [0, 0.1) is 23.0 Å². The second-order valence-corrected chi connectivity index (χ2v) is 9.76. The zero-order chi connectivity index (χ0) is 29.4. The van der Waals surface area contributed by atoms with Crippen molar-refractivity contribution in [3.05, 3.63) is 98.3 Å². The summed E-state index contributed by atoms with van der Waals surface area (Å²) in [6.45, 7) is -2.18. The van der Waals surface area contributed by atoms with E-state index < -0.39 is 53.8 Å². The highest BCUT2D eigenvalue weighted by atomic mass is 35.5. The molecule has 0 aliphatic rings. The third kappa shape index (κ3) is 6.29. The molecule has 2 aromatic carbocycles. The summed E-state index contributed by atoms with van der Waals surface area (Å²) >= 11 is 6.95. The predicted octanol–water partition coefficient (Wildman–Crippen LogP) is 8.06. The Labute approximate surface area is 229 Å². The van der Waals surface area contributed by atoms with Gasteiger partial charge in [-0.3, -0.25) is 4.79 Å². The van der Waals surface area contributed by atoms with Crippen molar-refractivity contribution < 1.29 is 39.9 Å². The van der Waals surface area contributed by atoms with Gasteiger partial charge >= 0.3 is 12.4 Å². The van der Waals surface area contributed by atoms with E-state index in [2.05, 4.69) is 4.74 Å². The van der Waals surface area contributed by atoms with Crippen LogP contribution in [0.3, 0.4) is 0 Å². The Bertz CT molecular complexity index is 1690. The first-order valence-corrected chi connectivity index (χ1v) is 12.2. The Morgan fingerprint density at radius 3 is 2.25 bits per heavy atom. The van der Waals surface area contributed by atoms with Gasteiger partial charge in [-0.1, -0.05) is 17.7 Å². The number of nitriles is 1. The molecule has 0 spiro atoms. The van der Waals surface area contributed by atoms with Gasteiger partial charge < -0.3 is 9.30 Å². The van der Waals surface area contributed by atoms with Crippen molar-refractivity contribution in [1.29, 1.82) is 5.26 Å². The molecule has 0 radical (unpaired) electrons. The number of hydrogen-bond acceptors (Lipinski definition) is 4. The molecule has 0 saturated heterocycles. The van der Waals surface area contributed by atoms with E-state index in [0.29, 0.717) is 22.6 Å². The van der Waals surface area contributed by atoms with E-state index in [1.807, 2.05) is 0 Å². The van der Waals surface area contributed by atoms with Crippen LogP contribution in [0.1, 0.15) is 16.7 Å². The molecule has 0 saturated carbocycles. The van der Waals surface area contributed by atoms with E-state index in [9.17, 15) is 45.2 Å². The Hall–Kier alpha value is -3.89. The van der Waals surface area contributed by atoms with Crippen LogP contribution in [0.2, 0.25) is 5.02 Å². The molecule has 0 unspecified atom stereocenters. The number of benzene rings is 2. The average Bonchev–Trinajstić information content (AvgIpc) is 3.34. The minimum atomic E-state index is -5.07. The molecule has 4 aromatic rings. The van der Waals surface area contributed by atoms with Gasteiger partial charge in [-0.15, -0.1) is 11.3 Å². The van der Waals surface area contributed by atoms with Crippen molar-refractivity contribution in [3.8, 4) is 32.8 Å². The summed E-state index contributed by atoms with van der Waals surface area (Å²) in [7, 11) is 0. The first kappa shape index (κ1) is 29.1. The number of hydrogen-bond donors (Lipinski definition) is 0. The molecule has 0 fully saturated rings. The highest BCUT2D eigenvalue weighted by Crippen LogP contribution is 2.40. The van der Waals surface area contributed by atoms with Gasteiger partial charge in [-0.2, -0.15) is 31.6 Å².